The topological polar surface area (TPSA) is 56.9 Å². The van der Waals surface area contributed by atoms with Crippen molar-refractivity contribution in [1.29, 1.82) is 0 Å². The van der Waals surface area contributed by atoms with E-state index in [2.05, 4.69) is 14.6 Å². The number of benzene rings is 2. The Morgan fingerprint density at radius 3 is 1.65 bits per heavy atom. The van der Waals surface area contributed by atoms with Gasteiger partial charge in [0.2, 0.25) is 5.69 Å². The molecule has 0 saturated heterocycles. The highest BCUT2D eigenvalue weighted by Crippen LogP contribution is 2.23. The summed E-state index contributed by atoms with van der Waals surface area (Å²) in [6, 6.07) is 10.00. The Bertz CT molecular complexity index is 661. The Hall–Kier alpha value is -2.84. The predicted octanol–water partition coefficient (Wildman–Crippen LogP) is 4.82. The molecule has 2 rings (SSSR count). The fraction of sp³-hybridized carbons (Fsp3) is 0.143. The highest BCUT2D eigenvalue weighted by Gasteiger charge is 2.08. The van der Waals surface area contributed by atoms with Gasteiger partial charge in [0.1, 0.15) is 17.2 Å². The van der Waals surface area contributed by atoms with E-state index in [1.807, 2.05) is 0 Å². The Labute approximate surface area is 128 Å². The monoisotopic (exact) mass is 330 g/mol. The zero-order valence-corrected chi connectivity index (χ0v) is 11.4. The van der Waals surface area contributed by atoms with Gasteiger partial charge in [-0.25, -0.2) is 0 Å². The first-order chi connectivity index (χ1) is 10.9. The van der Waals surface area contributed by atoms with Crippen LogP contribution < -0.4 is 9.47 Å². The van der Waals surface area contributed by atoms with Gasteiger partial charge >= 0.3 is 13.2 Å². The lowest BCUT2D eigenvalue weighted by molar-refractivity contribution is -0.435. The minimum Gasteiger partial charge on any atom is -0.594 e. The summed E-state index contributed by atoms with van der Waals surface area (Å²) in [5.74, 6) is -0.157. The van der Waals surface area contributed by atoms with Crippen LogP contribution in [0.15, 0.2) is 53.6 Å². The third kappa shape index (κ3) is 5.13. The van der Waals surface area contributed by atoms with Crippen LogP contribution in [0.4, 0.5) is 28.9 Å². The molecule has 0 aliphatic carbocycles. The summed E-state index contributed by atoms with van der Waals surface area (Å²) in [5.41, 5.74) is 0.286. The van der Waals surface area contributed by atoms with Crippen LogP contribution in [-0.2, 0) is 0 Å². The highest BCUT2D eigenvalue weighted by atomic mass is 19.3. The molecule has 23 heavy (non-hydrogen) atoms. The molecule has 0 saturated carbocycles. The van der Waals surface area contributed by atoms with Crippen molar-refractivity contribution in [2.45, 2.75) is 13.2 Å². The van der Waals surface area contributed by atoms with Gasteiger partial charge in [-0.3, -0.25) is 0 Å². The van der Waals surface area contributed by atoms with Crippen LogP contribution in [0.3, 0.4) is 0 Å². The van der Waals surface area contributed by atoms with Crippen LogP contribution in [0, 0.1) is 5.21 Å². The van der Waals surface area contributed by atoms with E-state index in [4.69, 9.17) is 0 Å². The zero-order valence-electron chi connectivity index (χ0n) is 11.4. The zero-order chi connectivity index (χ0) is 16.8. The van der Waals surface area contributed by atoms with Gasteiger partial charge in [0.25, 0.3) is 0 Å². The van der Waals surface area contributed by atoms with Crippen molar-refractivity contribution in [3.8, 4) is 11.5 Å². The van der Waals surface area contributed by atoms with Gasteiger partial charge in [-0.1, -0.05) is 4.86 Å². The van der Waals surface area contributed by atoms with E-state index >= 15 is 0 Å². The van der Waals surface area contributed by atoms with E-state index in [1.54, 1.807) is 0 Å². The molecule has 0 aromatic heterocycles. The molecular weight excluding hydrogens is 320 g/mol. The number of alkyl halides is 4. The molecule has 2 aromatic carbocycles. The van der Waals surface area contributed by atoms with Gasteiger partial charge in [0.15, 0.2) is 0 Å². The second-order valence-corrected chi connectivity index (χ2v) is 4.12. The molecule has 0 fully saturated rings. The molecule has 122 valence electrons. The van der Waals surface area contributed by atoms with E-state index < -0.39 is 13.2 Å². The molecule has 0 unspecified atom stereocenters. The second-order valence-electron chi connectivity index (χ2n) is 4.12. The van der Waals surface area contributed by atoms with Gasteiger partial charge < -0.3 is 14.7 Å². The number of ether oxygens (including phenoxy) is 2. The summed E-state index contributed by atoms with van der Waals surface area (Å²) in [6.07, 6.45) is 0. The third-order valence-corrected chi connectivity index (χ3v) is 2.55. The summed E-state index contributed by atoms with van der Waals surface area (Å²) >= 11 is 0. The minimum atomic E-state index is -2.96. The molecule has 0 spiro atoms. The number of nitrogens with zero attached hydrogens (tertiary/aromatic N) is 2. The Balaban J connectivity index is 2.09. The summed E-state index contributed by atoms with van der Waals surface area (Å²) in [7, 11) is 0. The number of azo groups is 1. The third-order valence-electron chi connectivity index (χ3n) is 2.55. The van der Waals surface area contributed by atoms with Crippen LogP contribution in [0.5, 0.6) is 11.5 Å². The first-order valence-corrected chi connectivity index (χ1v) is 6.23. The van der Waals surface area contributed by atoms with Crippen molar-refractivity contribution in [2.75, 3.05) is 0 Å². The van der Waals surface area contributed by atoms with Crippen LogP contribution in [-0.4, -0.2) is 18.1 Å². The maximum Gasteiger partial charge on any atom is 0.387 e. The molecule has 0 aliphatic rings. The van der Waals surface area contributed by atoms with Crippen LogP contribution in [0.2, 0.25) is 0 Å². The molecule has 0 heterocycles. The normalized spacial score (nSPS) is 11.8. The number of hydrogen-bond acceptors (Lipinski definition) is 4. The summed E-state index contributed by atoms with van der Waals surface area (Å²) in [5, 5.41) is 15.5. The molecule has 0 radical (unpaired) electrons. The summed E-state index contributed by atoms with van der Waals surface area (Å²) < 4.78 is 56.3. The molecular formula is C14H10F4N2O3. The molecule has 5 nitrogen and oxygen atoms in total. The van der Waals surface area contributed by atoms with Gasteiger partial charge in [0, 0.05) is 17.2 Å². The fourth-order valence-electron chi connectivity index (χ4n) is 1.61. The summed E-state index contributed by atoms with van der Waals surface area (Å²) in [6.45, 7) is -5.90. The predicted molar refractivity (Wildman–Crippen MR) is 71.5 cm³/mol. The van der Waals surface area contributed by atoms with Crippen molar-refractivity contribution in [1.82, 2.24) is 0 Å². The second kappa shape index (κ2) is 7.43. The fourth-order valence-corrected chi connectivity index (χ4v) is 1.61. The van der Waals surface area contributed by atoms with Gasteiger partial charge in [-0.15, -0.1) is 0 Å². The standard InChI is InChI=1S/C14H10F4N2O3/c15-13(16)22-11-5-1-9(2-6-11)19-20(21)10-3-7-12(8-4-10)23-14(17)18/h1-8,13-14H. The maximum absolute atomic E-state index is 12.0. The number of hydrogen-bond donors (Lipinski definition) is 0. The van der Waals surface area contributed by atoms with E-state index in [9.17, 15) is 22.8 Å². The molecule has 0 bridgehead atoms. The Morgan fingerprint density at radius 1 is 0.783 bits per heavy atom. The first-order valence-electron chi connectivity index (χ1n) is 6.23. The minimum absolute atomic E-state index is 0.0649. The quantitative estimate of drug-likeness (QED) is 0.330. The van der Waals surface area contributed by atoms with E-state index in [-0.39, 0.29) is 27.7 Å². The average Bonchev–Trinajstić information content (AvgIpc) is 2.49. The molecule has 2 aromatic rings. The van der Waals surface area contributed by atoms with Crippen molar-refractivity contribution in [3.05, 3.63) is 53.7 Å². The highest BCUT2D eigenvalue weighted by molar-refractivity contribution is 5.41. The van der Waals surface area contributed by atoms with Gasteiger partial charge in [0.05, 0.1) is 0 Å². The van der Waals surface area contributed by atoms with Gasteiger partial charge in [-0.2, -0.15) is 17.6 Å². The lowest BCUT2D eigenvalue weighted by atomic mass is 10.3. The SMILES string of the molecule is [O-][N+](=Nc1ccc(OC(F)F)cc1)c1ccc(OC(F)F)cc1. The summed E-state index contributed by atoms with van der Waals surface area (Å²) in [4.78, 5) is 0.259. The van der Waals surface area contributed by atoms with E-state index in [0.29, 0.717) is 0 Å². The molecule has 0 aliphatic heterocycles. The lowest BCUT2D eigenvalue weighted by Crippen LogP contribution is -2.01. The van der Waals surface area contributed by atoms with Gasteiger partial charge in [-0.05, 0) is 36.4 Å². The largest absolute Gasteiger partial charge is 0.594 e. The Kier molecular flexibility index (Phi) is 5.34. The van der Waals surface area contributed by atoms with Crippen LogP contribution >= 0.6 is 0 Å². The van der Waals surface area contributed by atoms with Crippen molar-refractivity contribution >= 4 is 11.4 Å². The van der Waals surface area contributed by atoms with Crippen molar-refractivity contribution in [3.63, 3.8) is 0 Å². The maximum atomic E-state index is 12.0. The molecule has 0 atom stereocenters. The van der Waals surface area contributed by atoms with E-state index in [1.165, 1.54) is 48.5 Å². The van der Waals surface area contributed by atoms with Crippen LogP contribution in [0.1, 0.15) is 0 Å². The molecule has 0 amide bonds. The number of rotatable bonds is 6. The number of halogens is 4. The first kappa shape index (κ1) is 16.5. The lowest BCUT2D eigenvalue weighted by Gasteiger charge is -2.05. The smallest absolute Gasteiger partial charge is 0.387 e. The average molecular weight is 330 g/mol. The van der Waals surface area contributed by atoms with E-state index in [0.717, 1.165) is 0 Å². The molecule has 0 N–H and O–H groups in total. The van der Waals surface area contributed by atoms with Crippen molar-refractivity contribution < 1.29 is 31.9 Å². The van der Waals surface area contributed by atoms with Crippen LogP contribution in [0.25, 0.3) is 0 Å². The molecule has 9 heteroatoms. The Morgan fingerprint density at radius 2 is 1.22 bits per heavy atom. The van der Waals surface area contributed by atoms with Crippen molar-refractivity contribution in [2.24, 2.45) is 5.11 Å².